The number of carbonyl (C=O) groups excluding carboxylic acids is 1. The molecule has 0 aliphatic carbocycles. The number of esters is 1. The third-order valence-electron chi connectivity index (χ3n) is 3.67. The standard InChI is InChI=1S/C15H29NO3/c1-11(2)6-14(9-16)8-15(17)19-10-13-4-5-18-12(3)7-13/h11-14H,4-10,16H2,1-3H3/t12-,13+,14+/m1/s1. The molecule has 0 aromatic carbocycles. The van der Waals surface area contributed by atoms with E-state index in [1.807, 2.05) is 0 Å². The van der Waals surface area contributed by atoms with Crippen molar-refractivity contribution in [3.05, 3.63) is 0 Å². The zero-order chi connectivity index (χ0) is 14.3. The smallest absolute Gasteiger partial charge is 0.306 e. The largest absolute Gasteiger partial charge is 0.465 e. The minimum Gasteiger partial charge on any atom is -0.465 e. The lowest BCUT2D eigenvalue weighted by molar-refractivity contribution is -0.147. The normalized spacial score (nSPS) is 25.3. The van der Waals surface area contributed by atoms with Crippen molar-refractivity contribution < 1.29 is 14.3 Å². The Morgan fingerprint density at radius 3 is 2.79 bits per heavy atom. The van der Waals surface area contributed by atoms with Gasteiger partial charge in [0.25, 0.3) is 0 Å². The first kappa shape index (κ1) is 16.4. The summed E-state index contributed by atoms with van der Waals surface area (Å²) in [6, 6.07) is 0. The van der Waals surface area contributed by atoms with Crippen molar-refractivity contribution in [2.75, 3.05) is 19.8 Å². The molecule has 1 fully saturated rings. The van der Waals surface area contributed by atoms with Crippen molar-refractivity contribution in [1.29, 1.82) is 0 Å². The lowest BCUT2D eigenvalue weighted by Crippen LogP contribution is -2.28. The van der Waals surface area contributed by atoms with Gasteiger partial charge in [0.1, 0.15) is 0 Å². The Morgan fingerprint density at radius 2 is 2.21 bits per heavy atom. The van der Waals surface area contributed by atoms with Gasteiger partial charge < -0.3 is 15.2 Å². The maximum atomic E-state index is 11.8. The van der Waals surface area contributed by atoms with E-state index >= 15 is 0 Å². The van der Waals surface area contributed by atoms with Crippen LogP contribution < -0.4 is 5.73 Å². The highest BCUT2D eigenvalue weighted by atomic mass is 16.5. The summed E-state index contributed by atoms with van der Waals surface area (Å²) < 4.78 is 10.9. The van der Waals surface area contributed by atoms with E-state index in [0.29, 0.717) is 31.4 Å². The lowest BCUT2D eigenvalue weighted by Gasteiger charge is -2.27. The van der Waals surface area contributed by atoms with E-state index in [4.69, 9.17) is 15.2 Å². The van der Waals surface area contributed by atoms with E-state index in [-0.39, 0.29) is 18.0 Å². The van der Waals surface area contributed by atoms with E-state index in [2.05, 4.69) is 20.8 Å². The predicted molar refractivity (Wildman–Crippen MR) is 75.7 cm³/mol. The van der Waals surface area contributed by atoms with Crippen LogP contribution in [-0.4, -0.2) is 31.8 Å². The molecule has 4 nitrogen and oxygen atoms in total. The van der Waals surface area contributed by atoms with Crippen LogP contribution in [-0.2, 0) is 14.3 Å². The molecule has 0 aromatic heterocycles. The van der Waals surface area contributed by atoms with Gasteiger partial charge in [0.15, 0.2) is 0 Å². The first-order chi connectivity index (χ1) is 9.01. The van der Waals surface area contributed by atoms with Crippen LogP contribution >= 0.6 is 0 Å². The highest BCUT2D eigenvalue weighted by Gasteiger charge is 2.21. The van der Waals surface area contributed by atoms with Gasteiger partial charge in [-0.1, -0.05) is 13.8 Å². The third kappa shape index (κ3) is 6.92. The molecule has 0 saturated carbocycles. The van der Waals surface area contributed by atoms with Crippen LogP contribution in [0.5, 0.6) is 0 Å². The molecule has 0 spiro atoms. The van der Waals surface area contributed by atoms with Crippen molar-refractivity contribution in [1.82, 2.24) is 0 Å². The molecule has 3 atom stereocenters. The summed E-state index contributed by atoms with van der Waals surface area (Å²) in [6.07, 6.45) is 3.70. The maximum Gasteiger partial charge on any atom is 0.306 e. The van der Waals surface area contributed by atoms with Gasteiger partial charge in [-0.05, 0) is 50.5 Å². The maximum absolute atomic E-state index is 11.8. The molecule has 1 aliphatic heterocycles. The Hall–Kier alpha value is -0.610. The van der Waals surface area contributed by atoms with E-state index in [1.165, 1.54) is 0 Å². The number of hydrogen-bond donors (Lipinski definition) is 1. The first-order valence-electron chi connectivity index (χ1n) is 7.48. The molecule has 19 heavy (non-hydrogen) atoms. The first-order valence-corrected chi connectivity index (χ1v) is 7.48. The van der Waals surface area contributed by atoms with Crippen LogP contribution in [0.4, 0.5) is 0 Å². The Balaban J connectivity index is 2.22. The lowest BCUT2D eigenvalue weighted by atomic mass is 9.94. The zero-order valence-corrected chi connectivity index (χ0v) is 12.6. The van der Waals surface area contributed by atoms with Crippen LogP contribution in [0.2, 0.25) is 0 Å². The highest BCUT2D eigenvalue weighted by molar-refractivity contribution is 5.69. The fraction of sp³-hybridized carbons (Fsp3) is 0.933. The van der Waals surface area contributed by atoms with Gasteiger partial charge in [-0.25, -0.2) is 0 Å². The molecule has 1 aliphatic rings. The van der Waals surface area contributed by atoms with Gasteiger partial charge in [-0.3, -0.25) is 4.79 Å². The number of rotatable bonds is 7. The van der Waals surface area contributed by atoms with Gasteiger partial charge in [0.05, 0.1) is 12.7 Å². The molecule has 0 aromatic rings. The molecule has 4 heteroatoms. The van der Waals surface area contributed by atoms with Crippen LogP contribution in [0, 0.1) is 17.8 Å². The summed E-state index contributed by atoms with van der Waals surface area (Å²) in [7, 11) is 0. The van der Waals surface area contributed by atoms with Crippen LogP contribution in [0.25, 0.3) is 0 Å². The zero-order valence-electron chi connectivity index (χ0n) is 12.6. The summed E-state index contributed by atoms with van der Waals surface area (Å²) >= 11 is 0. The van der Waals surface area contributed by atoms with Crippen molar-refractivity contribution in [3.8, 4) is 0 Å². The van der Waals surface area contributed by atoms with Gasteiger partial charge in [0.2, 0.25) is 0 Å². The molecular formula is C15H29NO3. The number of ether oxygens (including phenoxy) is 2. The van der Waals surface area contributed by atoms with E-state index < -0.39 is 0 Å². The molecule has 0 unspecified atom stereocenters. The number of hydrogen-bond acceptors (Lipinski definition) is 4. The van der Waals surface area contributed by atoms with Crippen molar-refractivity contribution >= 4 is 5.97 Å². The molecule has 1 heterocycles. The topological polar surface area (TPSA) is 61.6 Å². The Bertz CT molecular complexity index is 268. The minimum atomic E-state index is -0.102. The third-order valence-corrected chi connectivity index (χ3v) is 3.67. The summed E-state index contributed by atoms with van der Waals surface area (Å²) in [5, 5.41) is 0. The fourth-order valence-corrected chi connectivity index (χ4v) is 2.68. The molecule has 2 N–H and O–H groups in total. The molecule has 112 valence electrons. The summed E-state index contributed by atoms with van der Waals surface area (Å²) in [4.78, 5) is 11.8. The summed E-state index contributed by atoms with van der Waals surface area (Å²) in [5.41, 5.74) is 5.70. The Labute approximate surface area is 117 Å². The van der Waals surface area contributed by atoms with Crippen molar-refractivity contribution in [2.24, 2.45) is 23.5 Å². The molecule has 1 saturated heterocycles. The number of nitrogens with two attached hydrogens (primary N) is 1. The van der Waals surface area contributed by atoms with Crippen LogP contribution in [0.3, 0.4) is 0 Å². The van der Waals surface area contributed by atoms with Gasteiger partial charge >= 0.3 is 5.97 Å². The Kier molecular flexibility index (Phi) is 7.39. The minimum absolute atomic E-state index is 0.102. The monoisotopic (exact) mass is 271 g/mol. The molecule has 1 rings (SSSR count). The van der Waals surface area contributed by atoms with Crippen molar-refractivity contribution in [3.63, 3.8) is 0 Å². The second-order valence-corrected chi connectivity index (χ2v) is 6.19. The van der Waals surface area contributed by atoms with Gasteiger partial charge in [-0.2, -0.15) is 0 Å². The predicted octanol–water partition coefficient (Wildman–Crippen LogP) is 2.36. The molecule has 0 bridgehead atoms. The fourth-order valence-electron chi connectivity index (χ4n) is 2.68. The molecule has 0 radical (unpaired) electrons. The SMILES string of the molecule is CC(C)C[C@H](CN)CC(=O)OC[C@H]1CCO[C@H](C)C1. The molecular weight excluding hydrogens is 242 g/mol. The van der Waals surface area contributed by atoms with Crippen LogP contribution in [0.15, 0.2) is 0 Å². The van der Waals surface area contributed by atoms with Gasteiger partial charge in [-0.15, -0.1) is 0 Å². The average Bonchev–Trinajstić information content (AvgIpc) is 2.35. The molecule has 0 amide bonds. The van der Waals surface area contributed by atoms with E-state index in [1.54, 1.807) is 0 Å². The second-order valence-electron chi connectivity index (χ2n) is 6.19. The van der Waals surface area contributed by atoms with Gasteiger partial charge in [0, 0.05) is 13.0 Å². The Morgan fingerprint density at radius 1 is 1.47 bits per heavy atom. The quantitative estimate of drug-likeness (QED) is 0.722. The van der Waals surface area contributed by atoms with E-state index in [9.17, 15) is 4.79 Å². The summed E-state index contributed by atoms with van der Waals surface area (Å²) in [6.45, 7) is 8.24. The van der Waals surface area contributed by atoms with Crippen molar-refractivity contribution in [2.45, 2.75) is 52.6 Å². The summed E-state index contributed by atoms with van der Waals surface area (Å²) in [5.74, 6) is 1.17. The highest BCUT2D eigenvalue weighted by Crippen LogP contribution is 2.21. The average molecular weight is 271 g/mol. The van der Waals surface area contributed by atoms with E-state index in [0.717, 1.165) is 25.9 Å². The second kappa shape index (κ2) is 8.54. The number of carbonyl (C=O) groups is 1. The van der Waals surface area contributed by atoms with Crippen LogP contribution in [0.1, 0.15) is 46.5 Å².